The van der Waals surface area contributed by atoms with Crippen molar-refractivity contribution < 1.29 is 19.0 Å². The van der Waals surface area contributed by atoms with Gasteiger partial charge in [0.1, 0.15) is 23.9 Å². The molecule has 0 unspecified atom stereocenters. The molecule has 1 N–H and O–H groups in total. The Hall–Kier alpha value is -3.20. The molecule has 0 aliphatic carbocycles. The van der Waals surface area contributed by atoms with Crippen molar-refractivity contribution in [1.29, 1.82) is 0 Å². The van der Waals surface area contributed by atoms with Gasteiger partial charge < -0.3 is 24.1 Å². The first-order valence-corrected chi connectivity index (χ1v) is 11.7. The van der Waals surface area contributed by atoms with E-state index >= 15 is 0 Å². The number of nitrogens with one attached hydrogen (secondary N) is 1. The first-order chi connectivity index (χ1) is 15.9. The molecule has 0 bridgehead atoms. The molecule has 8 nitrogen and oxygen atoms in total. The van der Waals surface area contributed by atoms with Crippen molar-refractivity contribution in [3.63, 3.8) is 0 Å². The van der Waals surface area contributed by atoms with Gasteiger partial charge in [0, 0.05) is 12.6 Å². The maximum absolute atomic E-state index is 12.5. The molecule has 0 atom stereocenters. The fourth-order valence-corrected chi connectivity index (χ4v) is 3.99. The van der Waals surface area contributed by atoms with Crippen LogP contribution < -0.4 is 19.5 Å². The molecular formula is C24H30N4O4S. The number of benzene rings is 2. The van der Waals surface area contributed by atoms with E-state index in [1.54, 1.807) is 32.4 Å². The third-order valence-electron chi connectivity index (χ3n) is 5.04. The number of anilines is 1. The molecule has 2 aromatic carbocycles. The molecule has 33 heavy (non-hydrogen) atoms. The summed E-state index contributed by atoms with van der Waals surface area (Å²) in [6.07, 6.45) is 0. The summed E-state index contributed by atoms with van der Waals surface area (Å²) in [5.74, 6) is 3.18. The minimum absolute atomic E-state index is 0.169. The standard InChI is InChI=1S/C24H30N4O4S/c1-6-28-22(14-32-18-9-7-17(8-10-18)16(2)3)26-27-24(28)33-15-23(29)25-20-12-11-19(30-4)13-21(20)31-5/h7-13,16H,6,14-15H2,1-5H3,(H,25,29). The number of amides is 1. The van der Waals surface area contributed by atoms with E-state index in [0.29, 0.717) is 47.2 Å². The van der Waals surface area contributed by atoms with E-state index in [0.717, 1.165) is 5.75 Å². The smallest absolute Gasteiger partial charge is 0.234 e. The van der Waals surface area contributed by atoms with Crippen LogP contribution >= 0.6 is 11.8 Å². The Morgan fingerprint density at radius 1 is 1.06 bits per heavy atom. The zero-order chi connectivity index (χ0) is 23.8. The lowest BCUT2D eigenvalue weighted by Crippen LogP contribution is -2.15. The van der Waals surface area contributed by atoms with E-state index < -0.39 is 0 Å². The van der Waals surface area contributed by atoms with Crippen molar-refractivity contribution >= 4 is 23.4 Å². The Morgan fingerprint density at radius 2 is 1.79 bits per heavy atom. The maximum atomic E-state index is 12.5. The molecule has 3 aromatic rings. The van der Waals surface area contributed by atoms with Crippen molar-refractivity contribution in [3.8, 4) is 17.2 Å². The summed E-state index contributed by atoms with van der Waals surface area (Å²) in [7, 11) is 3.13. The van der Waals surface area contributed by atoms with Crippen LogP contribution in [0.15, 0.2) is 47.6 Å². The Morgan fingerprint density at radius 3 is 2.42 bits per heavy atom. The number of aromatic nitrogens is 3. The highest BCUT2D eigenvalue weighted by molar-refractivity contribution is 7.99. The Kier molecular flexibility index (Phi) is 8.59. The molecule has 176 valence electrons. The summed E-state index contributed by atoms with van der Waals surface area (Å²) in [5.41, 5.74) is 1.85. The minimum Gasteiger partial charge on any atom is -0.497 e. The number of thioether (sulfide) groups is 1. The number of hydrogen-bond acceptors (Lipinski definition) is 7. The van der Waals surface area contributed by atoms with Crippen LogP contribution in [-0.2, 0) is 17.9 Å². The summed E-state index contributed by atoms with van der Waals surface area (Å²) in [6, 6.07) is 13.3. The van der Waals surface area contributed by atoms with Gasteiger partial charge in [-0.25, -0.2) is 0 Å². The predicted octanol–water partition coefficient (Wildman–Crippen LogP) is 4.75. The van der Waals surface area contributed by atoms with Crippen molar-refractivity contribution in [3.05, 3.63) is 53.9 Å². The van der Waals surface area contributed by atoms with E-state index in [4.69, 9.17) is 14.2 Å². The van der Waals surface area contributed by atoms with Gasteiger partial charge in [-0.15, -0.1) is 10.2 Å². The number of ether oxygens (including phenoxy) is 3. The highest BCUT2D eigenvalue weighted by atomic mass is 32.2. The van der Waals surface area contributed by atoms with Gasteiger partial charge in [-0.2, -0.15) is 0 Å². The average Bonchev–Trinajstić information content (AvgIpc) is 3.23. The van der Waals surface area contributed by atoms with Crippen LogP contribution in [0, 0.1) is 0 Å². The lowest BCUT2D eigenvalue weighted by atomic mass is 10.0. The van der Waals surface area contributed by atoms with Gasteiger partial charge in [-0.3, -0.25) is 4.79 Å². The number of hydrogen-bond donors (Lipinski definition) is 1. The third-order valence-corrected chi connectivity index (χ3v) is 6.01. The molecule has 1 heterocycles. The molecule has 0 aliphatic heterocycles. The summed E-state index contributed by atoms with van der Waals surface area (Å²) >= 11 is 1.32. The summed E-state index contributed by atoms with van der Waals surface area (Å²) in [4.78, 5) is 12.5. The highest BCUT2D eigenvalue weighted by Gasteiger charge is 2.15. The van der Waals surface area contributed by atoms with Crippen LogP contribution in [0.25, 0.3) is 0 Å². The SMILES string of the molecule is CCn1c(COc2ccc(C(C)C)cc2)nnc1SCC(=O)Nc1ccc(OC)cc1OC. The normalized spacial score (nSPS) is 10.8. The van der Waals surface area contributed by atoms with Crippen molar-refractivity contribution in [2.24, 2.45) is 0 Å². The van der Waals surface area contributed by atoms with Crippen LogP contribution in [0.1, 0.15) is 38.1 Å². The maximum Gasteiger partial charge on any atom is 0.234 e. The van der Waals surface area contributed by atoms with Crippen LogP contribution in [0.3, 0.4) is 0 Å². The number of nitrogens with zero attached hydrogens (tertiary/aromatic N) is 3. The molecule has 0 saturated carbocycles. The summed E-state index contributed by atoms with van der Waals surface area (Å²) < 4.78 is 18.4. The zero-order valence-electron chi connectivity index (χ0n) is 19.6. The van der Waals surface area contributed by atoms with E-state index in [2.05, 4.69) is 41.5 Å². The average molecular weight is 471 g/mol. The van der Waals surface area contributed by atoms with Crippen molar-refractivity contribution in [1.82, 2.24) is 14.8 Å². The fraction of sp³-hybridized carbons (Fsp3) is 0.375. The summed E-state index contributed by atoms with van der Waals surface area (Å²) in [5, 5.41) is 12.0. The second-order valence-electron chi connectivity index (χ2n) is 7.56. The monoisotopic (exact) mass is 470 g/mol. The van der Waals surface area contributed by atoms with E-state index in [1.165, 1.54) is 17.3 Å². The Balaban J connectivity index is 1.58. The quantitative estimate of drug-likeness (QED) is 0.405. The molecule has 0 radical (unpaired) electrons. The predicted molar refractivity (Wildman–Crippen MR) is 129 cm³/mol. The molecular weight excluding hydrogens is 440 g/mol. The largest absolute Gasteiger partial charge is 0.497 e. The van der Waals surface area contributed by atoms with E-state index in [1.807, 2.05) is 23.6 Å². The topological polar surface area (TPSA) is 87.5 Å². The van der Waals surface area contributed by atoms with Crippen LogP contribution in [0.2, 0.25) is 0 Å². The molecule has 3 rings (SSSR count). The van der Waals surface area contributed by atoms with Crippen LogP contribution in [-0.4, -0.2) is 40.6 Å². The molecule has 0 saturated heterocycles. The molecule has 0 aliphatic rings. The van der Waals surface area contributed by atoms with Crippen molar-refractivity contribution in [2.45, 2.75) is 45.0 Å². The first-order valence-electron chi connectivity index (χ1n) is 10.7. The first kappa shape index (κ1) is 24.4. The zero-order valence-corrected chi connectivity index (χ0v) is 20.4. The fourth-order valence-electron chi connectivity index (χ4n) is 3.17. The Bertz CT molecular complexity index is 1070. The second-order valence-corrected chi connectivity index (χ2v) is 8.50. The van der Waals surface area contributed by atoms with Gasteiger partial charge in [-0.1, -0.05) is 37.7 Å². The van der Waals surface area contributed by atoms with Gasteiger partial charge in [-0.05, 0) is 42.7 Å². The van der Waals surface area contributed by atoms with Gasteiger partial charge in [0.05, 0.1) is 25.7 Å². The van der Waals surface area contributed by atoms with Gasteiger partial charge in [0.2, 0.25) is 5.91 Å². The van der Waals surface area contributed by atoms with Crippen molar-refractivity contribution in [2.75, 3.05) is 25.3 Å². The van der Waals surface area contributed by atoms with E-state index in [-0.39, 0.29) is 11.7 Å². The molecule has 9 heteroatoms. The molecule has 0 fully saturated rings. The van der Waals surface area contributed by atoms with E-state index in [9.17, 15) is 4.79 Å². The van der Waals surface area contributed by atoms with Gasteiger partial charge in [0.25, 0.3) is 0 Å². The molecule has 1 amide bonds. The number of rotatable bonds is 11. The number of carbonyl (C=O) groups is 1. The lowest BCUT2D eigenvalue weighted by molar-refractivity contribution is -0.113. The highest BCUT2D eigenvalue weighted by Crippen LogP contribution is 2.29. The number of methoxy groups -OCH3 is 2. The van der Waals surface area contributed by atoms with Gasteiger partial charge >= 0.3 is 0 Å². The van der Waals surface area contributed by atoms with Crippen LogP contribution in [0.5, 0.6) is 17.2 Å². The minimum atomic E-state index is -0.169. The summed E-state index contributed by atoms with van der Waals surface area (Å²) in [6.45, 7) is 7.31. The third kappa shape index (κ3) is 6.41. The molecule has 0 spiro atoms. The van der Waals surface area contributed by atoms with Crippen LogP contribution in [0.4, 0.5) is 5.69 Å². The van der Waals surface area contributed by atoms with Gasteiger partial charge in [0.15, 0.2) is 11.0 Å². The lowest BCUT2D eigenvalue weighted by Gasteiger charge is -2.12. The molecule has 1 aromatic heterocycles. The number of carbonyl (C=O) groups excluding carboxylic acids is 1. The second kappa shape index (κ2) is 11.6. The Labute approximate surface area is 198 Å².